The van der Waals surface area contributed by atoms with Crippen molar-refractivity contribution in [3.63, 3.8) is 0 Å². The Morgan fingerprint density at radius 1 is 1.15 bits per heavy atom. The lowest BCUT2D eigenvalue weighted by molar-refractivity contribution is -0.137. The molecule has 2 rings (SSSR count). The van der Waals surface area contributed by atoms with E-state index in [1.54, 1.807) is 4.90 Å². The van der Waals surface area contributed by atoms with Gasteiger partial charge in [-0.05, 0) is 38.5 Å². The van der Waals surface area contributed by atoms with Crippen molar-refractivity contribution in [2.24, 2.45) is 0 Å². The molecule has 0 saturated carbocycles. The first-order valence-corrected chi connectivity index (χ1v) is 6.34. The molecule has 20 heavy (non-hydrogen) atoms. The number of amides is 2. The zero-order valence-corrected chi connectivity index (χ0v) is 11.6. The van der Waals surface area contributed by atoms with Crippen LogP contribution >= 0.6 is 0 Å². The van der Waals surface area contributed by atoms with Gasteiger partial charge in [0, 0.05) is 12.1 Å². The van der Waals surface area contributed by atoms with Crippen molar-refractivity contribution >= 4 is 6.03 Å². The number of carbonyl (C=O) groups excluding carboxylic acids is 1. The third-order valence-corrected chi connectivity index (χ3v) is 3.36. The molecule has 110 valence electrons. The van der Waals surface area contributed by atoms with Gasteiger partial charge in [0.1, 0.15) is 0 Å². The fourth-order valence-corrected chi connectivity index (χ4v) is 2.21. The summed E-state index contributed by atoms with van der Waals surface area (Å²) in [5.74, 6) is 0. The first-order chi connectivity index (χ1) is 9.09. The van der Waals surface area contributed by atoms with E-state index in [0.29, 0.717) is 12.1 Å². The van der Waals surface area contributed by atoms with Crippen molar-refractivity contribution in [1.82, 2.24) is 10.2 Å². The summed E-state index contributed by atoms with van der Waals surface area (Å²) in [5.41, 5.74) is -0.318. The zero-order valence-electron chi connectivity index (χ0n) is 11.6. The molecule has 1 aromatic carbocycles. The molecule has 6 heteroatoms. The highest BCUT2D eigenvalue weighted by Crippen LogP contribution is 2.31. The van der Waals surface area contributed by atoms with Gasteiger partial charge in [-0.2, -0.15) is 13.2 Å². The van der Waals surface area contributed by atoms with E-state index >= 15 is 0 Å². The van der Waals surface area contributed by atoms with Gasteiger partial charge in [0.25, 0.3) is 0 Å². The van der Waals surface area contributed by atoms with Crippen LogP contribution in [-0.4, -0.2) is 23.0 Å². The Morgan fingerprint density at radius 2 is 1.70 bits per heavy atom. The molecular formula is C14H17F3N2O. The van der Waals surface area contributed by atoms with Crippen LogP contribution in [0.3, 0.4) is 0 Å². The van der Waals surface area contributed by atoms with Gasteiger partial charge in [-0.25, -0.2) is 4.79 Å². The van der Waals surface area contributed by atoms with Crippen molar-refractivity contribution < 1.29 is 18.0 Å². The lowest BCUT2D eigenvalue weighted by Crippen LogP contribution is -2.43. The Bertz CT molecular complexity index is 503. The van der Waals surface area contributed by atoms with E-state index in [4.69, 9.17) is 0 Å². The van der Waals surface area contributed by atoms with Crippen molar-refractivity contribution in [2.45, 2.75) is 38.5 Å². The summed E-state index contributed by atoms with van der Waals surface area (Å²) in [4.78, 5) is 13.5. The van der Waals surface area contributed by atoms with Crippen LogP contribution in [0.4, 0.5) is 18.0 Å². The average Bonchev–Trinajstić information content (AvgIpc) is 2.70. The summed E-state index contributed by atoms with van der Waals surface area (Å²) in [7, 11) is 0. The molecule has 0 spiro atoms. The maximum absolute atomic E-state index is 12.5. The molecule has 0 aromatic heterocycles. The highest BCUT2D eigenvalue weighted by atomic mass is 19.4. The van der Waals surface area contributed by atoms with E-state index in [2.05, 4.69) is 5.32 Å². The zero-order chi connectivity index (χ0) is 15.1. The summed E-state index contributed by atoms with van der Waals surface area (Å²) >= 11 is 0. The highest BCUT2D eigenvalue weighted by molar-refractivity contribution is 5.78. The minimum Gasteiger partial charge on any atom is -0.329 e. The van der Waals surface area contributed by atoms with Crippen LogP contribution in [0.5, 0.6) is 0 Å². The second-order valence-corrected chi connectivity index (χ2v) is 5.90. The number of hydrogen-bond donors (Lipinski definition) is 1. The van der Waals surface area contributed by atoms with Gasteiger partial charge in [-0.3, -0.25) is 0 Å². The minimum absolute atomic E-state index is 0.192. The van der Waals surface area contributed by atoms with Gasteiger partial charge >= 0.3 is 12.2 Å². The van der Waals surface area contributed by atoms with Crippen molar-refractivity contribution in [1.29, 1.82) is 0 Å². The Kier molecular flexibility index (Phi) is 3.44. The normalized spacial score (nSPS) is 20.2. The standard InChI is InChI=1S/C14H17F3N2O/c1-13(2,3)19-8-11(18-12(19)20)9-4-6-10(7-5-9)14(15,16)17/h4-7,11H,8H2,1-3H3,(H,18,20). The molecule has 0 radical (unpaired) electrons. The van der Waals surface area contributed by atoms with Crippen molar-refractivity contribution in [2.75, 3.05) is 6.54 Å². The van der Waals surface area contributed by atoms with Gasteiger partial charge in [-0.1, -0.05) is 12.1 Å². The molecule has 1 heterocycles. The number of benzene rings is 1. The number of alkyl halides is 3. The average molecular weight is 286 g/mol. The van der Waals surface area contributed by atoms with Gasteiger partial charge < -0.3 is 10.2 Å². The maximum atomic E-state index is 12.5. The van der Waals surface area contributed by atoms with Crippen molar-refractivity contribution in [3.8, 4) is 0 Å². The van der Waals surface area contributed by atoms with Gasteiger partial charge in [0.05, 0.1) is 11.6 Å². The molecular weight excluding hydrogens is 269 g/mol. The molecule has 1 aliphatic rings. The van der Waals surface area contributed by atoms with Gasteiger partial charge in [0.2, 0.25) is 0 Å². The number of nitrogens with one attached hydrogen (secondary N) is 1. The fraction of sp³-hybridized carbons (Fsp3) is 0.500. The van der Waals surface area contributed by atoms with E-state index in [0.717, 1.165) is 12.1 Å². The van der Waals surface area contributed by atoms with Crippen LogP contribution in [0, 0.1) is 0 Å². The third kappa shape index (κ3) is 2.89. The highest BCUT2D eigenvalue weighted by Gasteiger charge is 2.37. The number of nitrogens with zero attached hydrogens (tertiary/aromatic N) is 1. The number of carbonyl (C=O) groups is 1. The van der Waals surface area contributed by atoms with Crippen LogP contribution in [0.25, 0.3) is 0 Å². The molecule has 0 bridgehead atoms. The Labute approximate surface area is 115 Å². The molecule has 1 aliphatic heterocycles. The summed E-state index contributed by atoms with van der Waals surface area (Å²) < 4.78 is 37.5. The van der Waals surface area contributed by atoms with E-state index in [9.17, 15) is 18.0 Å². The monoisotopic (exact) mass is 286 g/mol. The lowest BCUT2D eigenvalue weighted by Gasteiger charge is -2.30. The van der Waals surface area contributed by atoms with Crippen LogP contribution in [0.15, 0.2) is 24.3 Å². The molecule has 0 aliphatic carbocycles. The first kappa shape index (κ1) is 14.7. The van der Waals surface area contributed by atoms with Crippen LogP contribution in [0.2, 0.25) is 0 Å². The van der Waals surface area contributed by atoms with Crippen molar-refractivity contribution in [3.05, 3.63) is 35.4 Å². The van der Waals surface area contributed by atoms with Crippen LogP contribution in [-0.2, 0) is 6.18 Å². The lowest BCUT2D eigenvalue weighted by atomic mass is 10.0. The van der Waals surface area contributed by atoms with E-state index in [1.807, 2.05) is 20.8 Å². The SMILES string of the molecule is CC(C)(C)N1CC(c2ccc(C(F)(F)F)cc2)NC1=O. The third-order valence-electron chi connectivity index (χ3n) is 3.36. The Hall–Kier alpha value is -1.72. The molecule has 1 N–H and O–H groups in total. The van der Waals surface area contributed by atoms with Gasteiger partial charge in [0.15, 0.2) is 0 Å². The molecule has 3 nitrogen and oxygen atoms in total. The summed E-state index contributed by atoms with van der Waals surface area (Å²) in [5, 5.41) is 2.79. The van der Waals surface area contributed by atoms with Crippen LogP contribution in [0.1, 0.15) is 37.9 Å². The van der Waals surface area contributed by atoms with E-state index < -0.39 is 11.7 Å². The topological polar surface area (TPSA) is 32.3 Å². The molecule has 1 unspecified atom stereocenters. The first-order valence-electron chi connectivity index (χ1n) is 6.34. The molecule has 1 saturated heterocycles. The Morgan fingerprint density at radius 3 is 2.10 bits per heavy atom. The number of rotatable bonds is 1. The van der Waals surface area contributed by atoms with Crippen LogP contribution < -0.4 is 5.32 Å². The predicted molar refractivity (Wildman–Crippen MR) is 69.2 cm³/mol. The minimum atomic E-state index is -4.34. The maximum Gasteiger partial charge on any atom is 0.416 e. The second-order valence-electron chi connectivity index (χ2n) is 5.90. The number of halogens is 3. The fourth-order valence-electron chi connectivity index (χ4n) is 2.21. The summed E-state index contributed by atoms with van der Waals surface area (Å²) in [6.07, 6.45) is -4.34. The molecule has 1 atom stereocenters. The number of urea groups is 1. The molecule has 1 fully saturated rings. The van der Waals surface area contributed by atoms with E-state index in [1.165, 1.54) is 12.1 Å². The Balaban J connectivity index is 2.16. The number of hydrogen-bond acceptors (Lipinski definition) is 1. The molecule has 1 aromatic rings. The summed E-state index contributed by atoms with van der Waals surface area (Å²) in [6.45, 7) is 6.21. The molecule has 2 amide bonds. The smallest absolute Gasteiger partial charge is 0.329 e. The second kappa shape index (κ2) is 4.68. The quantitative estimate of drug-likeness (QED) is 0.841. The van der Waals surface area contributed by atoms with Gasteiger partial charge in [-0.15, -0.1) is 0 Å². The largest absolute Gasteiger partial charge is 0.416 e. The summed E-state index contributed by atoms with van der Waals surface area (Å²) in [6, 6.07) is 4.45. The predicted octanol–water partition coefficient (Wildman–Crippen LogP) is 3.57. The van der Waals surface area contributed by atoms with E-state index in [-0.39, 0.29) is 17.6 Å².